The molecule has 7 nitrogen and oxygen atoms in total. The lowest BCUT2D eigenvalue weighted by Gasteiger charge is -2.25. The van der Waals surface area contributed by atoms with Crippen molar-refractivity contribution < 1.29 is 13.2 Å². The van der Waals surface area contributed by atoms with Crippen molar-refractivity contribution in [3.8, 4) is 0 Å². The zero-order chi connectivity index (χ0) is 26.5. The molecular weight excluding hydrogens is 551 g/mol. The van der Waals surface area contributed by atoms with Crippen molar-refractivity contribution in [2.75, 3.05) is 44.7 Å². The van der Waals surface area contributed by atoms with E-state index in [0.29, 0.717) is 35.4 Å². The fourth-order valence-corrected chi connectivity index (χ4v) is 6.58. The number of likely N-dealkylation sites (N-methyl/N-ethyl adjacent to an activating group) is 1. The molecule has 0 aliphatic heterocycles. The zero-order valence-electron chi connectivity index (χ0n) is 22.0. The number of nitrogens with zero attached hydrogens (tertiary/aromatic N) is 4. The summed E-state index contributed by atoms with van der Waals surface area (Å²) in [6.45, 7) is 11.5. The molecule has 204 valence electrons. The first-order chi connectivity index (χ1) is 17.1. The Balaban J connectivity index is 0.00000481. The van der Waals surface area contributed by atoms with E-state index in [9.17, 15) is 13.2 Å². The summed E-state index contributed by atoms with van der Waals surface area (Å²) >= 11 is 7.68. The second-order valence-electron chi connectivity index (χ2n) is 8.75. The minimum atomic E-state index is -3.60. The number of anilines is 1. The average Bonchev–Trinajstić information content (AvgIpc) is 3.29. The molecule has 37 heavy (non-hydrogen) atoms. The number of rotatable bonds is 12. The van der Waals surface area contributed by atoms with E-state index in [1.807, 2.05) is 26.0 Å². The van der Waals surface area contributed by atoms with Gasteiger partial charge in [0.25, 0.3) is 5.91 Å². The molecule has 1 aromatic heterocycles. The SMILES string of the molecule is CCCCN(C)S(=O)(=O)c1ccc(C(=O)N(CCN(CC)CC)c2nc3c(C)cc(Cl)cc3s2)cc1.Cl. The van der Waals surface area contributed by atoms with Crippen molar-refractivity contribution in [2.45, 2.75) is 45.4 Å². The summed E-state index contributed by atoms with van der Waals surface area (Å²) in [4.78, 5) is 22.6. The van der Waals surface area contributed by atoms with E-state index < -0.39 is 10.0 Å². The third-order valence-electron chi connectivity index (χ3n) is 6.29. The first kappa shape index (κ1) is 31.5. The van der Waals surface area contributed by atoms with Gasteiger partial charge in [-0.1, -0.05) is 50.1 Å². The number of thiazole rings is 1. The molecule has 0 atom stereocenters. The van der Waals surface area contributed by atoms with Crippen molar-refractivity contribution >= 4 is 66.6 Å². The number of sulfonamides is 1. The number of hydrogen-bond acceptors (Lipinski definition) is 6. The highest BCUT2D eigenvalue weighted by Crippen LogP contribution is 2.33. The molecule has 3 aromatic rings. The lowest BCUT2D eigenvalue weighted by atomic mass is 10.2. The number of aryl methyl sites for hydroxylation is 1. The van der Waals surface area contributed by atoms with Crippen molar-refractivity contribution in [1.29, 1.82) is 0 Å². The minimum absolute atomic E-state index is 0. The van der Waals surface area contributed by atoms with Gasteiger partial charge in [-0.3, -0.25) is 9.69 Å². The molecule has 0 saturated heterocycles. The van der Waals surface area contributed by atoms with E-state index in [4.69, 9.17) is 16.6 Å². The van der Waals surface area contributed by atoms with Crippen LogP contribution in [0.15, 0.2) is 41.3 Å². The second-order valence-corrected chi connectivity index (χ2v) is 12.2. The van der Waals surface area contributed by atoms with Crippen molar-refractivity contribution in [1.82, 2.24) is 14.2 Å². The number of fused-ring (bicyclic) bond motifs is 1. The van der Waals surface area contributed by atoms with Gasteiger partial charge in [-0.25, -0.2) is 17.7 Å². The monoisotopic (exact) mass is 586 g/mol. The topological polar surface area (TPSA) is 73.8 Å². The fraction of sp³-hybridized carbons (Fsp3) is 0.462. The van der Waals surface area contributed by atoms with Crippen LogP contribution in [0.1, 0.15) is 49.5 Å². The van der Waals surface area contributed by atoms with E-state index in [2.05, 4.69) is 18.7 Å². The van der Waals surface area contributed by atoms with Crippen LogP contribution >= 0.6 is 35.3 Å². The Morgan fingerprint density at radius 2 is 1.68 bits per heavy atom. The molecule has 0 radical (unpaired) electrons. The fourth-order valence-electron chi connectivity index (χ4n) is 3.93. The highest BCUT2D eigenvalue weighted by Gasteiger charge is 2.24. The van der Waals surface area contributed by atoms with E-state index in [0.717, 1.165) is 41.7 Å². The summed E-state index contributed by atoms with van der Waals surface area (Å²) in [5, 5.41) is 1.24. The van der Waals surface area contributed by atoms with Gasteiger partial charge in [-0.05, 0) is 68.4 Å². The molecule has 0 saturated carbocycles. The van der Waals surface area contributed by atoms with Gasteiger partial charge in [0, 0.05) is 37.3 Å². The Labute approximate surface area is 235 Å². The molecule has 11 heteroatoms. The lowest BCUT2D eigenvalue weighted by molar-refractivity contribution is 0.0983. The number of unbranched alkanes of at least 4 members (excludes halogenated alkanes) is 1. The smallest absolute Gasteiger partial charge is 0.260 e. The predicted molar refractivity (Wildman–Crippen MR) is 157 cm³/mol. The van der Waals surface area contributed by atoms with Gasteiger partial charge < -0.3 is 4.90 Å². The van der Waals surface area contributed by atoms with Crippen LogP contribution in [0.3, 0.4) is 0 Å². The molecule has 1 heterocycles. The molecule has 0 bridgehead atoms. The second kappa shape index (κ2) is 13.9. The maximum atomic E-state index is 13.7. The number of hydrogen-bond donors (Lipinski definition) is 0. The van der Waals surface area contributed by atoms with Crippen molar-refractivity contribution in [3.05, 3.63) is 52.5 Å². The van der Waals surface area contributed by atoms with Gasteiger partial charge in [-0.15, -0.1) is 12.4 Å². The largest absolute Gasteiger partial charge is 0.302 e. The van der Waals surface area contributed by atoms with Crippen LogP contribution < -0.4 is 4.90 Å². The molecule has 0 aliphatic carbocycles. The summed E-state index contributed by atoms with van der Waals surface area (Å²) in [5.74, 6) is -0.215. The maximum Gasteiger partial charge on any atom is 0.260 e. The quantitative estimate of drug-likeness (QED) is 0.257. The number of amides is 1. The number of benzene rings is 2. The Morgan fingerprint density at radius 3 is 2.27 bits per heavy atom. The Morgan fingerprint density at radius 1 is 1.03 bits per heavy atom. The van der Waals surface area contributed by atoms with Crippen LogP contribution in [-0.2, 0) is 10.0 Å². The van der Waals surface area contributed by atoms with Crippen LogP contribution in [0.5, 0.6) is 0 Å². The Kier molecular flexibility index (Phi) is 11.8. The van der Waals surface area contributed by atoms with Crippen LogP contribution in [0.4, 0.5) is 5.13 Å². The molecule has 1 amide bonds. The highest BCUT2D eigenvalue weighted by atomic mass is 35.5. The summed E-state index contributed by atoms with van der Waals surface area (Å²) in [5.41, 5.74) is 2.20. The van der Waals surface area contributed by atoms with Gasteiger partial charge in [0.05, 0.1) is 15.1 Å². The molecule has 0 N–H and O–H groups in total. The van der Waals surface area contributed by atoms with Crippen LogP contribution in [0, 0.1) is 6.92 Å². The van der Waals surface area contributed by atoms with Gasteiger partial charge in [0.15, 0.2) is 5.13 Å². The third kappa shape index (κ3) is 7.43. The molecule has 0 fully saturated rings. The van der Waals surface area contributed by atoms with E-state index in [1.54, 1.807) is 24.1 Å². The van der Waals surface area contributed by atoms with Crippen molar-refractivity contribution in [3.63, 3.8) is 0 Å². The van der Waals surface area contributed by atoms with Crippen LogP contribution in [0.25, 0.3) is 10.2 Å². The molecular formula is C26H36Cl2N4O3S2. The molecule has 0 unspecified atom stereocenters. The van der Waals surface area contributed by atoms with Gasteiger partial charge in [0.1, 0.15) is 0 Å². The third-order valence-corrected chi connectivity index (χ3v) is 9.40. The number of carbonyl (C=O) groups excluding carboxylic acids is 1. The van der Waals surface area contributed by atoms with E-state index >= 15 is 0 Å². The summed E-state index contributed by atoms with van der Waals surface area (Å²) < 4.78 is 28.0. The Hall–Kier alpha value is -1.75. The molecule has 0 spiro atoms. The molecule has 3 rings (SSSR count). The first-order valence-electron chi connectivity index (χ1n) is 12.3. The number of halogens is 2. The zero-order valence-corrected chi connectivity index (χ0v) is 25.2. The minimum Gasteiger partial charge on any atom is -0.302 e. The standard InChI is InChI=1S/C26H35ClN4O3S2.ClH/c1-6-9-14-29(5)36(33,34)22-12-10-20(11-13-22)25(32)31(16-15-30(7-2)8-3)26-28-24-19(4)17-21(27)18-23(24)35-26;/h10-13,17-18H,6-9,14-16H2,1-5H3;1H. The first-order valence-corrected chi connectivity index (χ1v) is 14.9. The van der Waals surface area contributed by atoms with Gasteiger partial charge >= 0.3 is 0 Å². The summed E-state index contributed by atoms with van der Waals surface area (Å²) in [7, 11) is -2.02. The van der Waals surface area contributed by atoms with E-state index in [-0.39, 0.29) is 23.2 Å². The number of aromatic nitrogens is 1. The van der Waals surface area contributed by atoms with Crippen molar-refractivity contribution in [2.24, 2.45) is 0 Å². The van der Waals surface area contributed by atoms with Gasteiger partial charge in [0.2, 0.25) is 10.0 Å². The van der Waals surface area contributed by atoms with Gasteiger partial charge in [-0.2, -0.15) is 0 Å². The number of carbonyl (C=O) groups is 1. The molecule has 2 aromatic carbocycles. The average molecular weight is 588 g/mol. The summed E-state index contributed by atoms with van der Waals surface area (Å²) in [6, 6.07) is 9.93. The normalized spacial score (nSPS) is 11.8. The lowest BCUT2D eigenvalue weighted by Crippen LogP contribution is -2.38. The van der Waals surface area contributed by atoms with E-state index in [1.165, 1.54) is 27.8 Å². The Bertz CT molecular complexity index is 1290. The maximum absolute atomic E-state index is 13.7. The predicted octanol–water partition coefficient (Wildman–Crippen LogP) is 6.09. The highest BCUT2D eigenvalue weighted by molar-refractivity contribution is 7.89. The van der Waals surface area contributed by atoms with Crippen LogP contribution in [-0.4, -0.2) is 68.3 Å². The van der Waals surface area contributed by atoms with Crippen LogP contribution in [0.2, 0.25) is 5.02 Å². The summed E-state index contributed by atoms with van der Waals surface area (Å²) in [6.07, 6.45) is 1.70. The molecule has 0 aliphatic rings.